The third-order valence-electron chi connectivity index (χ3n) is 5.28. The molecule has 0 bridgehead atoms. The van der Waals surface area contributed by atoms with Gasteiger partial charge in [-0.25, -0.2) is 4.68 Å². The number of hydrogen-bond donors (Lipinski definition) is 2. The van der Waals surface area contributed by atoms with E-state index in [0.29, 0.717) is 6.04 Å². The normalized spacial score (nSPS) is 24.2. The molecule has 0 radical (unpaired) electrons. The predicted octanol–water partition coefficient (Wildman–Crippen LogP) is 3.16. The molecule has 2 heterocycles. The first-order valence-electron chi connectivity index (χ1n) is 9.02. The Morgan fingerprint density at radius 2 is 2.00 bits per heavy atom. The second-order valence-electron chi connectivity index (χ2n) is 7.47. The fraction of sp³-hybridized carbons (Fsp3) is 0.556. The summed E-state index contributed by atoms with van der Waals surface area (Å²) in [6.07, 6.45) is 6.16. The highest BCUT2D eigenvalue weighted by atomic mass is 16.1. The number of aryl methyl sites for hydroxylation is 1. The number of nitrogens with one attached hydrogen (secondary N) is 2. The van der Waals surface area contributed by atoms with Crippen LogP contribution in [0.2, 0.25) is 0 Å². The molecule has 7 heteroatoms. The maximum absolute atomic E-state index is 12.5. The summed E-state index contributed by atoms with van der Waals surface area (Å²) < 4.78 is 1.94. The first-order chi connectivity index (χ1) is 12.0. The van der Waals surface area contributed by atoms with E-state index in [4.69, 9.17) is 0 Å². The van der Waals surface area contributed by atoms with Gasteiger partial charge < -0.3 is 10.6 Å². The number of benzene rings is 1. The molecule has 0 spiro atoms. The Morgan fingerprint density at radius 1 is 1.20 bits per heavy atom. The quantitative estimate of drug-likeness (QED) is 0.877. The molecular formula is C18H24N6O. The van der Waals surface area contributed by atoms with Gasteiger partial charge in [-0.3, -0.25) is 4.79 Å². The Balaban J connectivity index is 1.74. The van der Waals surface area contributed by atoms with Crippen molar-refractivity contribution in [1.82, 2.24) is 20.2 Å². The minimum absolute atomic E-state index is 0.0317. The van der Waals surface area contributed by atoms with E-state index in [1.54, 1.807) is 0 Å². The van der Waals surface area contributed by atoms with Gasteiger partial charge in [-0.2, -0.15) is 0 Å². The molecule has 1 amide bonds. The van der Waals surface area contributed by atoms with E-state index in [1.807, 2.05) is 36.7 Å². The van der Waals surface area contributed by atoms with Crippen molar-refractivity contribution >= 4 is 17.3 Å². The number of carbonyl (C=O) groups is 1. The van der Waals surface area contributed by atoms with Crippen LogP contribution in [0.25, 0.3) is 0 Å². The highest BCUT2D eigenvalue weighted by molar-refractivity contribution is 5.97. The zero-order chi connectivity index (χ0) is 17.4. The van der Waals surface area contributed by atoms with Gasteiger partial charge in [-0.05, 0) is 54.8 Å². The Kier molecular flexibility index (Phi) is 3.94. The Bertz CT molecular complexity index is 795. The number of amides is 1. The molecule has 1 fully saturated rings. The highest BCUT2D eigenvalue weighted by Gasteiger charge is 2.39. The topological polar surface area (TPSA) is 84.7 Å². The third kappa shape index (κ3) is 2.99. The Hall–Kier alpha value is -2.44. The summed E-state index contributed by atoms with van der Waals surface area (Å²) in [5.41, 5.74) is 2.20. The number of aromatic nitrogens is 4. The third-order valence-corrected chi connectivity index (χ3v) is 5.28. The van der Waals surface area contributed by atoms with Crippen molar-refractivity contribution < 1.29 is 4.79 Å². The summed E-state index contributed by atoms with van der Waals surface area (Å²) in [7, 11) is 0. The van der Waals surface area contributed by atoms with Gasteiger partial charge in [0.05, 0.1) is 23.8 Å². The molecule has 0 saturated heterocycles. The summed E-state index contributed by atoms with van der Waals surface area (Å²) >= 11 is 0. The van der Waals surface area contributed by atoms with Gasteiger partial charge in [0.15, 0.2) is 5.82 Å². The van der Waals surface area contributed by atoms with Crippen LogP contribution in [-0.2, 0) is 10.3 Å². The van der Waals surface area contributed by atoms with E-state index in [0.717, 1.165) is 35.6 Å². The lowest BCUT2D eigenvalue weighted by Gasteiger charge is -2.31. The number of hydrogen-bond acceptors (Lipinski definition) is 5. The van der Waals surface area contributed by atoms with Crippen LogP contribution in [0.1, 0.15) is 62.9 Å². The number of rotatable bonds is 2. The molecule has 25 heavy (non-hydrogen) atoms. The second kappa shape index (κ2) is 6.13. The smallest absolute Gasteiger partial charge is 0.227 e. The SMILES string of the molecule is Cc1ccc2c(c1)NC(C)(c1nnnn1C1CCCCC1)CC(=O)N2. The maximum atomic E-state index is 12.5. The Morgan fingerprint density at radius 3 is 2.80 bits per heavy atom. The van der Waals surface area contributed by atoms with Crippen LogP contribution in [0, 0.1) is 6.92 Å². The lowest BCUT2D eigenvalue weighted by molar-refractivity contribution is -0.117. The number of anilines is 2. The fourth-order valence-electron chi connectivity index (χ4n) is 3.99. The molecule has 1 aliphatic carbocycles. The van der Waals surface area contributed by atoms with Crippen molar-refractivity contribution in [3.8, 4) is 0 Å². The summed E-state index contributed by atoms with van der Waals surface area (Å²) in [6.45, 7) is 4.05. The zero-order valence-electron chi connectivity index (χ0n) is 14.7. The number of tetrazole rings is 1. The van der Waals surface area contributed by atoms with Gasteiger partial charge in [0.2, 0.25) is 5.91 Å². The standard InChI is InChI=1S/C18H24N6O/c1-12-8-9-14-15(10-12)20-18(2,11-16(25)19-14)17-21-22-23-24(17)13-6-4-3-5-7-13/h8-10,13,20H,3-7,11H2,1-2H3,(H,19,25). The first-order valence-corrected chi connectivity index (χ1v) is 9.02. The summed E-state index contributed by atoms with van der Waals surface area (Å²) in [4.78, 5) is 12.5. The van der Waals surface area contributed by atoms with Crippen LogP contribution in [-0.4, -0.2) is 26.1 Å². The number of carbonyl (C=O) groups excluding carboxylic acids is 1. The average Bonchev–Trinajstić information content (AvgIpc) is 3.04. The molecular weight excluding hydrogens is 316 g/mol. The van der Waals surface area contributed by atoms with E-state index in [-0.39, 0.29) is 12.3 Å². The van der Waals surface area contributed by atoms with E-state index in [1.165, 1.54) is 19.3 Å². The minimum Gasteiger partial charge on any atom is -0.371 e. The van der Waals surface area contributed by atoms with Crippen LogP contribution in [0.3, 0.4) is 0 Å². The van der Waals surface area contributed by atoms with Crippen molar-refractivity contribution in [1.29, 1.82) is 0 Å². The number of fused-ring (bicyclic) bond motifs is 1. The van der Waals surface area contributed by atoms with E-state index in [2.05, 4.69) is 26.2 Å². The molecule has 1 unspecified atom stereocenters. The molecule has 2 N–H and O–H groups in total. The van der Waals surface area contributed by atoms with Gasteiger partial charge in [0.1, 0.15) is 5.54 Å². The zero-order valence-corrected chi connectivity index (χ0v) is 14.7. The Labute approximate surface area is 147 Å². The largest absolute Gasteiger partial charge is 0.371 e. The van der Waals surface area contributed by atoms with Crippen molar-refractivity contribution in [3.63, 3.8) is 0 Å². The second-order valence-corrected chi connectivity index (χ2v) is 7.47. The molecule has 1 aromatic heterocycles. The lowest BCUT2D eigenvalue weighted by atomic mass is 9.92. The van der Waals surface area contributed by atoms with Crippen LogP contribution >= 0.6 is 0 Å². The predicted molar refractivity (Wildman–Crippen MR) is 95.3 cm³/mol. The molecule has 2 aromatic rings. The van der Waals surface area contributed by atoms with Crippen molar-refractivity contribution in [2.75, 3.05) is 10.6 Å². The van der Waals surface area contributed by atoms with Gasteiger partial charge >= 0.3 is 0 Å². The van der Waals surface area contributed by atoms with Crippen LogP contribution < -0.4 is 10.6 Å². The number of nitrogens with zero attached hydrogens (tertiary/aromatic N) is 4. The monoisotopic (exact) mass is 340 g/mol. The van der Waals surface area contributed by atoms with Gasteiger partial charge in [0.25, 0.3) is 0 Å². The highest BCUT2D eigenvalue weighted by Crippen LogP contribution is 2.38. The summed E-state index contributed by atoms with van der Waals surface area (Å²) in [6, 6.07) is 6.30. The van der Waals surface area contributed by atoms with Gasteiger partial charge in [-0.1, -0.05) is 25.3 Å². The summed E-state index contributed by atoms with van der Waals surface area (Å²) in [5.74, 6) is 0.708. The first kappa shape index (κ1) is 16.1. The fourth-order valence-corrected chi connectivity index (χ4v) is 3.99. The molecule has 4 rings (SSSR count). The van der Waals surface area contributed by atoms with E-state index < -0.39 is 5.54 Å². The summed E-state index contributed by atoms with van der Waals surface area (Å²) in [5, 5.41) is 19.1. The minimum atomic E-state index is -0.649. The molecule has 132 valence electrons. The molecule has 1 saturated carbocycles. The maximum Gasteiger partial charge on any atom is 0.227 e. The van der Waals surface area contributed by atoms with E-state index >= 15 is 0 Å². The lowest BCUT2D eigenvalue weighted by Crippen LogP contribution is -2.38. The molecule has 2 aliphatic rings. The van der Waals surface area contributed by atoms with Crippen molar-refractivity contribution in [3.05, 3.63) is 29.6 Å². The molecule has 7 nitrogen and oxygen atoms in total. The van der Waals surface area contributed by atoms with Crippen molar-refractivity contribution in [2.45, 2.75) is 64.0 Å². The molecule has 1 atom stereocenters. The van der Waals surface area contributed by atoms with Crippen LogP contribution in [0.4, 0.5) is 11.4 Å². The van der Waals surface area contributed by atoms with Crippen LogP contribution in [0.5, 0.6) is 0 Å². The average molecular weight is 340 g/mol. The van der Waals surface area contributed by atoms with Crippen LogP contribution in [0.15, 0.2) is 18.2 Å². The van der Waals surface area contributed by atoms with Gasteiger partial charge in [-0.15, -0.1) is 5.10 Å². The van der Waals surface area contributed by atoms with E-state index in [9.17, 15) is 4.79 Å². The molecule has 1 aromatic carbocycles. The van der Waals surface area contributed by atoms with Crippen molar-refractivity contribution in [2.24, 2.45) is 0 Å². The van der Waals surface area contributed by atoms with Gasteiger partial charge in [0, 0.05) is 0 Å². The molecule has 1 aliphatic heterocycles.